The molecule has 0 N–H and O–H groups in total. The molecule has 2 aromatic carbocycles. The van der Waals surface area contributed by atoms with E-state index < -0.39 is 17.5 Å². The Morgan fingerprint density at radius 3 is 2.55 bits per heavy atom. The fourth-order valence-electron chi connectivity index (χ4n) is 1.85. The fraction of sp³-hybridized carbons (Fsp3) is 0.125. The quantitative estimate of drug-likeness (QED) is 0.634. The molecule has 112 valence electrons. The number of Topliss-reactive ketones (excluding diaryl/α,β-unsaturated/α-hetero) is 1. The maximum Gasteiger partial charge on any atom is 0.416 e. The number of benzene rings is 2. The zero-order valence-electron chi connectivity index (χ0n) is 11.2. The first-order valence-corrected chi connectivity index (χ1v) is 6.24. The van der Waals surface area contributed by atoms with E-state index in [1.54, 1.807) is 18.2 Å². The lowest BCUT2D eigenvalue weighted by Crippen LogP contribution is -2.07. The van der Waals surface area contributed by atoms with E-state index in [-0.39, 0.29) is 17.9 Å². The number of hydrogen-bond acceptors (Lipinski definition) is 3. The zero-order chi connectivity index (χ0) is 16.2. The Balaban J connectivity index is 2.18. The van der Waals surface area contributed by atoms with Gasteiger partial charge in [-0.05, 0) is 24.3 Å². The molecule has 0 bridgehead atoms. The van der Waals surface area contributed by atoms with Gasteiger partial charge in [0.25, 0.3) is 5.78 Å². The Kier molecular flexibility index (Phi) is 4.47. The van der Waals surface area contributed by atoms with Gasteiger partial charge in [0.2, 0.25) is 0 Å². The number of nitriles is 1. The number of carbonyl (C=O) groups excluding carboxylic acids is 1. The van der Waals surface area contributed by atoms with Gasteiger partial charge in [0, 0.05) is 11.1 Å². The highest BCUT2D eigenvalue weighted by atomic mass is 19.4. The SMILES string of the molecule is N#CC(=O)c1ccccc1COc1cccc(C(F)(F)F)c1. The summed E-state index contributed by atoms with van der Waals surface area (Å²) in [6, 6.07) is 12.3. The number of carbonyl (C=O) groups is 1. The lowest BCUT2D eigenvalue weighted by molar-refractivity contribution is -0.137. The van der Waals surface area contributed by atoms with Crippen molar-refractivity contribution in [1.29, 1.82) is 5.26 Å². The summed E-state index contributed by atoms with van der Waals surface area (Å²) in [7, 11) is 0. The normalized spacial score (nSPS) is 10.8. The van der Waals surface area contributed by atoms with Crippen LogP contribution in [-0.4, -0.2) is 5.78 Å². The summed E-state index contributed by atoms with van der Waals surface area (Å²) in [6.07, 6.45) is -4.45. The molecule has 0 radical (unpaired) electrons. The van der Waals surface area contributed by atoms with Crippen molar-refractivity contribution >= 4 is 5.78 Å². The predicted molar refractivity (Wildman–Crippen MR) is 72.2 cm³/mol. The summed E-state index contributed by atoms with van der Waals surface area (Å²) in [6.45, 7) is -0.106. The highest BCUT2D eigenvalue weighted by Crippen LogP contribution is 2.31. The predicted octanol–water partition coefficient (Wildman–Crippen LogP) is 3.99. The van der Waals surface area contributed by atoms with Crippen LogP contribution in [-0.2, 0) is 12.8 Å². The maximum atomic E-state index is 12.6. The van der Waals surface area contributed by atoms with Crippen molar-refractivity contribution in [3.63, 3.8) is 0 Å². The van der Waals surface area contributed by atoms with Crippen LogP contribution in [0, 0.1) is 11.3 Å². The fourth-order valence-corrected chi connectivity index (χ4v) is 1.85. The molecule has 0 saturated carbocycles. The van der Waals surface area contributed by atoms with Crippen LogP contribution in [0.4, 0.5) is 13.2 Å². The van der Waals surface area contributed by atoms with Gasteiger partial charge in [-0.15, -0.1) is 0 Å². The van der Waals surface area contributed by atoms with Gasteiger partial charge in [0.1, 0.15) is 18.4 Å². The second-order valence-corrected chi connectivity index (χ2v) is 4.41. The maximum absolute atomic E-state index is 12.6. The molecule has 0 unspecified atom stereocenters. The molecular formula is C16H10F3NO2. The zero-order valence-corrected chi connectivity index (χ0v) is 11.2. The molecule has 0 spiro atoms. The molecule has 0 fully saturated rings. The molecule has 0 aromatic heterocycles. The second kappa shape index (κ2) is 6.31. The third-order valence-corrected chi connectivity index (χ3v) is 2.92. The van der Waals surface area contributed by atoms with E-state index in [0.29, 0.717) is 5.56 Å². The summed E-state index contributed by atoms with van der Waals surface area (Å²) in [5.41, 5.74) is -0.199. The van der Waals surface area contributed by atoms with Crippen LogP contribution in [0.3, 0.4) is 0 Å². The van der Waals surface area contributed by atoms with E-state index in [4.69, 9.17) is 10.00 Å². The summed E-state index contributed by atoms with van der Waals surface area (Å²) in [5, 5.41) is 8.66. The molecule has 3 nitrogen and oxygen atoms in total. The Labute approximate surface area is 124 Å². The third-order valence-electron chi connectivity index (χ3n) is 2.92. The van der Waals surface area contributed by atoms with Gasteiger partial charge >= 0.3 is 6.18 Å². The van der Waals surface area contributed by atoms with Gasteiger partial charge in [-0.2, -0.15) is 18.4 Å². The molecule has 0 aliphatic carbocycles. The molecule has 0 heterocycles. The van der Waals surface area contributed by atoms with Gasteiger partial charge in [-0.3, -0.25) is 4.79 Å². The lowest BCUT2D eigenvalue weighted by Gasteiger charge is -2.11. The smallest absolute Gasteiger partial charge is 0.416 e. The van der Waals surface area contributed by atoms with E-state index in [1.807, 2.05) is 0 Å². The van der Waals surface area contributed by atoms with Crippen molar-refractivity contribution in [3.8, 4) is 11.8 Å². The van der Waals surface area contributed by atoms with Crippen molar-refractivity contribution < 1.29 is 22.7 Å². The minimum Gasteiger partial charge on any atom is -0.489 e. The average Bonchev–Trinajstić information content (AvgIpc) is 2.52. The largest absolute Gasteiger partial charge is 0.489 e. The summed E-state index contributed by atoms with van der Waals surface area (Å²) in [4.78, 5) is 11.5. The minimum atomic E-state index is -4.45. The molecule has 0 atom stereocenters. The number of halogens is 3. The average molecular weight is 305 g/mol. The monoisotopic (exact) mass is 305 g/mol. The Bertz CT molecular complexity index is 733. The minimum absolute atomic E-state index is 0.0361. The Morgan fingerprint density at radius 1 is 1.14 bits per heavy atom. The van der Waals surface area contributed by atoms with Crippen LogP contribution < -0.4 is 4.74 Å². The third kappa shape index (κ3) is 3.64. The van der Waals surface area contributed by atoms with Crippen LogP contribution in [0.1, 0.15) is 21.5 Å². The lowest BCUT2D eigenvalue weighted by atomic mass is 10.1. The van der Waals surface area contributed by atoms with Gasteiger partial charge in [-0.1, -0.05) is 24.3 Å². The number of ether oxygens (including phenoxy) is 1. The first kappa shape index (κ1) is 15.6. The van der Waals surface area contributed by atoms with Crippen LogP contribution in [0.25, 0.3) is 0 Å². The molecule has 0 saturated heterocycles. The van der Waals surface area contributed by atoms with E-state index in [9.17, 15) is 18.0 Å². The second-order valence-electron chi connectivity index (χ2n) is 4.41. The van der Waals surface area contributed by atoms with Gasteiger partial charge in [0.05, 0.1) is 5.56 Å². The first-order chi connectivity index (χ1) is 10.4. The molecule has 0 amide bonds. The van der Waals surface area contributed by atoms with Gasteiger partial charge in [-0.25, -0.2) is 0 Å². The molecule has 22 heavy (non-hydrogen) atoms. The van der Waals surface area contributed by atoms with Crippen LogP contribution in [0.2, 0.25) is 0 Å². The Hall–Kier alpha value is -2.81. The summed E-state index contributed by atoms with van der Waals surface area (Å²) >= 11 is 0. The van der Waals surface area contributed by atoms with Crippen molar-refractivity contribution in [3.05, 3.63) is 65.2 Å². The van der Waals surface area contributed by atoms with Crippen molar-refractivity contribution in [1.82, 2.24) is 0 Å². The molecule has 2 aromatic rings. The van der Waals surface area contributed by atoms with Crippen LogP contribution in [0.15, 0.2) is 48.5 Å². The van der Waals surface area contributed by atoms with E-state index >= 15 is 0 Å². The van der Waals surface area contributed by atoms with Crippen LogP contribution in [0.5, 0.6) is 5.75 Å². The van der Waals surface area contributed by atoms with Crippen LogP contribution >= 0.6 is 0 Å². The van der Waals surface area contributed by atoms with Crippen molar-refractivity contribution in [2.75, 3.05) is 0 Å². The molecule has 0 aliphatic rings. The topological polar surface area (TPSA) is 50.1 Å². The highest BCUT2D eigenvalue weighted by Gasteiger charge is 2.30. The van der Waals surface area contributed by atoms with Gasteiger partial charge in [0.15, 0.2) is 0 Å². The molecule has 2 rings (SSSR count). The van der Waals surface area contributed by atoms with Crippen molar-refractivity contribution in [2.45, 2.75) is 12.8 Å². The summed E-state index contributed by atoms with van der Waals surface area (Å²) in [5.74, 6) is -0.683. The number of ketones is 1. The molecule has 6 heteroatoms. The number of rotatable bonds is 4. The summed E-state index contributed by atoms with van der Waals surface area (Å²) < 4.78 is 43.1. The molecule has 0 aliphatic heterocycles. The van der Waals surface area contributed by atoms with Gasteiger partial charge < -0.3 is 4.74 Å². The van der Waals surface area contributed by atoms with E-state index in [2.05, 4.69) is 0 Å². The number of hydrogen-bond donors (Lipinski definition) is 0. The number of nitrogens with zero attached hydrogens (tertiary/aromatic N) is 1. The standard InChI is InChI=1S/C16H10F3NO2/c17-16(18,19)12-5-3-6-13(8-12)22-10-11-4-1-2-7-14(11)15(21)9-20/h1-8H,10H2. The van der Waals surface area contributed by atoms with Crippen molar-refractivity contribution in [2.24, 2.45) is 0 Å². The van der Waals surface area contributed by atoms with E-state index in [1.165, 1.54) is 24.3 Å². The van der Waals surface area contributed by atoms with E-state index in [0.717, 1.165) is 12.1 Å². The number of alkyl halides is 3. The Morgan fingerprint density at radius 2 is 1.86 bits per heavy atom. The first-order valence-electron chi connectivity index (χ1n) is 6.24. The molecular weight excluding hydrogens is 295 g/mol. The highest BCUT2D eigenvalue weighted by molar-refractivity contribution is 6.08.